The summed E-state index contributed by atoms with van der Waals surface area (Å²) in [6.45, 7) is 6.61. The SMILES string of the molecule is COc1c(N2CCN(C(=O)CCC(=O)OCC(=O)[C@]3(O)[C@@H](C)C[C@@H]4[C@H]5CCC6=CC(=O)C=C[C@@]6(C)[C@]5(F)[C@H](O)C[C@]43C)C(C)C2)c(F)cc2c(=O)c(C(=O)O)cn(C3CC3)c12. The van der Waals surface area contributed by atoms with Gasteiger partial charge >= 0.3 is 11.9 Å². The van der Waals surface area contributed by atoms with Gasteiger partial charge in [0.15, 0.2) is 29.6 Å². The van der Waals surface area contributed by atoms with E-state index in [1.807, 2.05) is 0 Å². The normalized spacial score (nSPS) is 34.3. The van der Waals surface area contributed by atoms with Gasteiger partial charge in [0, 0.05) is 61.1 Å². The molecule has 1 amide bonds. The number of hydrogen-bond acceptors (Lipinski definition) is 11. The Hall–Kier alpha value is -4.96. The quantitative estimate of drug-likeness (QED) is 0.285. The summed E-state index contributed by atoms with van der Waals surface area (Å²) in [6.07, 6.45) is 5.83. The molecule has 328 valence electrons. The van der Waals surface area contributed by atoms with E-state index in [9.17, 15) is 44.1 Å². The Morgan fingerprint density at radius 1 is 1.03 bits per heavy atom. The number of aromatic nitrogens is 1. The van der Waals surface area contributed by atoms with Crippen LogP contribution < -0.4 is 15.1 Å². The molecule has 2 aromatic rings. The van der Waals surface area contributed by atoms with Crippen molar-refractivity contribution in [3.8, 4) is 5.75 Å². The van der Waals surface area contributed by atoms with Crippen LogP contribution >= 0.6 is 0 Å². The minimum absolute atomic E-state index is 0.0701. The number of nitrogens with zero attached hydrogens (tertiary/aromatic N) is 3. The van der Waals surface area contributed by atoms with Crippen molar-refractivity contribution in [2.24, 2.45) is 28.6 Å². The molecule has 1 saturated heterocycles. The maximum atomic E-state index is 17.5. The minimum Gasteiger partial charge on any atom is -0.492 e. The number of alkyl halides is 1. The van der Waals surface area contributed by atoms with E-state index in [1.54, 1.807) is 48.1 Å². The molecule has 9 atom stereocenters. The lowest BCUT2D eigenvalue weighted by Gasteiger charge is -2.62. The number of benzene rings is 1. The average Bonchev–Trinajstić information content (AvgIpc) is 4.04. The van der Waals surface area contributed by atoms with Gasteiger partial charge in [-0.15, -0.1) is 0 Å². The summed E-state index contributed by atoms with van der Waals surface area (Å²) in [5.41, 5.74) is -6.90. The molecule has 1 aromatic carbocycles. The van der Waals surface area contributed by atoms with Gasteiger partial charge in [-0.05, 0) is 82.4 Å². The van der Waals surface area contributed by atoms with Gasteiger partial charge < -0.3 is 39.2 Å². The van der Waals surface area contributed by atoms with Gasteiger partial charge in [-0.2, -0.15) is 0 Å². The number of aromatic carboxylic acids is 1. The van der Waals surface area contributed by atoms with Crippen molar-refractivity contribution in [1.29, 1.82) is 0 Å². The van der Waals surface area contributed by atoms with Gasteiger partial charge in [0.25, 0.3) is 0 Å². The number of carbonyl (C=O) groups is 5. The van der Waals surface area contributed by atoms with E-state index in [2.05, 4.69) is 0 Å². The van der Waals surface area contributed by atoms with E-state index in [0.717, 1.165) is 18.9 Å². The largest absolute Gasteiger partial charge is 0.492 e. The molecule has 5 fully saturated rings. The summed E-state index contributed by atoms with van der Waals surface area (Å²) >= 11 is 0. The molecule has 1 aromatic heterocycles. The number of hydrogen-bond donors (Lipinski definition) is 3. The van der Waals surface area contributed by atoms with Gasteiger partial charge in [-0.3, -0.25) is 24.0 Å². The topological polar surface area (TPSA) is 193 Å². The molecule has 6 aliphatic rings. The van der Waals surface area contributed by atoms with Crippen molar-refractivity contribution < 1.29 is 57.5 Å². The predicted octanol–water partition coefficient (Wildman–Crippen LogP) is 4.46. The second kappa shape index (κ2) is 14.8. The van der Waals surface area contributed by atoms with Crippen LogP contribution in [0.15, 0.2) is 40.9 Å². The molecule has 4 saturated carbocycles. The van der Waals surface area contributed by atoms with Crippen LogP contribution in [0.4, 0.5) is 14.5 Å². The second-order valence-corrected chi connectivity index (χ2v) is 18.6. The fourth-order valence-corrected chi connectivity index (χ4v) is 12.1. The smallest absolute Gasteiger partial charge is 0.341 e. The van der Waals surface area contributed by atoms with Gasteiger partial charge in [-0.1, -0.05) is 25.5 Å². The standard InChI is InChI=1S/C45H53F2N3O11/c1-23-16-31-30-9-6-25-17-27(51)12-13-42(25,3)44(30,47)33(52)19-43(31,4)45(23,59)34(53)22-61-36(55)11-10-35(54)49-15-14-48(20-24(49)2)38-32(46)18-28-37(40(38)60-5)50(26-7-8-26)21-29(39(28)56)41(57)58/h12-13,17-18,21,23-24,26,30-31,33,52,59H,6-11,14-16,19-20,22H2,1-5H3,(H,57,58)/t23-,24?,30+,31+,33+,42+,43+,44+,45+/m0/s1. The lowest BCUT2D eigenvalue weighted by Crippen LogP contribution is -2.69. The number of aliphatic hydroxyl groups excluding tert-OH is 1. The maximum Gasteiger partial charge on any atom is 0.341 e. The zero-order valence-corrected chi connectivity index (χ0v) is 35.0. The Morgan fingerprint density at radius 3 is 2.41 bits per heavy atom. The molecular weight excluding hydrogens is 797 g/mol. The van der Waals surface area contributed by atoms with Crippen LogP contribution in [0.5, 0.6) is 5.75 Å². The molecule has 14 nitrogen and oxygen atoms in total. The number of halogens is 2. The number of amides is 1. The average molecular weight is 850 g/mol. The van der Waals surface area contributed by atoms with Crippen molar-refractivity contribution in [1.82, 2.24) is 9.47 Å². The van der Waals surface area contributed by atoms with E-state index in [-0.39, 0.29) is 73.5 Å². The van der Waals surface area contributed by atoms with Gasteiger partial charge in [-0.25, -0.2) is 13.6 Å². The monoisotopic (exact) mass is 849 g/mol. The first-order chi connectivity index (χ1) is 28.7. The first-order valence-corrected chi connectivity index (χ1v) is 21.2. The fraction of sp³-hybridized carbons (Fsp3) is 0.600. The summed E-state index contributed by atoms with van der Waals surface area (Å²) in [4.78, 5) is 80.8. The highest BCUT2D eigenvalue weighted by atomic mass is 19.1. The Morgan fingerprint density at radius 2 is 1.75 bits per heavy atom. The van der Waals surface area contributed by atoms with E-state index in [4.69, 9.17) is 9.47 Å². The van der Waals surface area contributed by atoms with Gasteiger partial charge in [0.2, 0.25) is 17.1 Å². The maximum absolute atomic E-state index is 17.5. The number of fused-ring (bicyclic) bond motifs is 6. The van der Waals surface area contributed by atoms with Crippen LogP contribution in [0.2, 0.25) is 0 Å². The van der Waals surface area contributed by atoms with Crippen molar-refractivity contribution >= 4 is 46.0 Å². The number of esters is 1. The molecule has 0 radical (unpaired) electrons. The van der Waals surface area contributed by atoms with Crippen molar-refractivity contribution in [3.63, 3.8) is 0 Å². The molecule has 1 unspecified atom stereocenters. The fourth-order valence-electron chi connectivity index (χ4n) is 12.1. The molecule has 5 aliphatic carbocycles. The molecule has 61 heavy (non-hydrogen) atoms. The number of carbonyl (C=O) groups excluding carboxylic acids is 4. The number of rotatable bonds is 10. The number of methoxy groups -OCH3 is 1. The van der Waals surface area contributed by atoms with Crippen LogP contribution in [0, 0.1) is 34.4 Å². The number of carboxylic acids is 1. The number of pyridine rings is 1. The molecule has 3 N–H and O–H groups in total. The molecular formula is C45H53F2N3O11. The Bertz CT molecular complexity index is 2380. The lowest BCUT2D eigenvalue weighted by molar-refractivity contribution is -0.220. The number of aliphatic hydroxyl groups is 2. The highest BCUT2D eigenvalue weighted by Gasteiger charge is 2.75. The van der Waals surface area contributed by atoms with Crippen LogP contribution in [-0.4, -0.2) is 111 Å². The Labute approximate surface area is 351 Å². The number of Topliss-reactive ketones (excluding diaryl/α,β-unsaturated/α-hetero) is 1. The summed E-state index contributed by atoms with van der Waals surface area (Å²) < 4.78 is 46.2. The van der Waals surface area contributed by atoms with E-state index in [1.165, 1.54) is 25.5 Å². The van der Waals surface area contributed by atoms with Crippen LogP contribution in [0.25, 0.3) is 10.9 Å². The zero-order chi connectivity index (χ0) is 44.1. The van der Waals surface area contributed by atoms with E-state index in [0.29, 0.717) is 30.4 Å². The Kier molecular flexibility index (Phi) is 10.4. The molecule has 8 rings (SSSR count). The van der Waals surface area contributed by atoms with E-state index >= 15 is 8.78 Å². The molecule has 0 bridgehead atoms. The molecule has 1 aliphatic heterocycles. The zero-order valence-electron chi connectivity index (χ0n) is 35.0. The third kappa shape index (κ3) is 6.28. The molecule has 16 heteroatoms. The summed E-state index contributed by atoms with van der Waals surface area (Å²) in [6, 6.07) is 0.518. The summed E-state index contributed by atoms with van der Waals surface area (Å²) in [7, 11) is 1.35. The third-order valence-corrected chi connectivity index (χ3v) is 15.4. The highest BCUT2D eigenvalue weighted by Crippen LogP contribution is 2.70. The van der Waals surface area contributed by atoms with Crippen LogP contribution in [0.3, 0.4) is 0 Å². The number of ether oxygens (including phenoxy) is 2. The highest BCUT2D eigenvalue weighted by molar-refractivity contribution is 6.01. The van der Waals surface area contributed by atoms with Crippen molar-refractivity contribution in [2.45, 2.75) is 109 Å². The van der Waals surface area contributed by atoms with Crippen molar-refractivity contribution in [3.05, 3.63) is 57.7 Å². The predicted molar refractivity (Wildman–Crippen MR) is 216 cm³/mol. The Balaban J connectivity index is 0.901. The van der Waals surface area contributed by atoms with Crippen LogP contribution in [-0.2, 0) is 23.9 Å². The van der Waals surface area contributed by atoms with Gasteiger partial charge in [0.05, 0.1) is 30.5 Å². The number of carboxylic acid groups (broad SMARTS) is 1. The second-order valence-electron chi connectivity index (χ2n) is 18.6. The number of allylic oxidation sites excluding steroid dienone is 4. The van der Waals surface area contributed by atoms with Crippen molar-refractivity contribution in [2.75, 3.05) is 38.3 Å². The molecule has 2 heterocycles. The first kappa shape index (κ1) is 42.7. The van der Waals surface area contributed by atoms with Crippen LogP contribution in [0.1, 0.15) is 95.5 Å². The third-order valence-electron chi connectivity index (χ3n) is 15.4. The summed E-state index contributed by atoms with van der Waals surface area (Å²) in [5.74, 6) is -6.12. The number of ketones is 2. The summed E-state index contributed by atoms with van der Waals surface area (Å²) in [5, 5.41) is 33.4. The number of piperazine rings is 1. The lowest BCUT2D eigenvalue weighted by atomic mass is 9.44. The van der Waals surface area contributed by atoms with Gasteiger partial charge in [0.1, 0.15) is 16.9 Å². The van der Waals surface area contributed by atoms with E-state index < -0.39 is 93.1 Å². The minimum atomic E-state index is -2.13. The number of anilines is 1. The molecule has 0 spiro atoms. The first-order valence-electron chi connectivity index (χ1n) is 21.2.